The topological polar surface area (TPSA) is 47.3 Å². The molecule has 0 aromatic heterocycles. The molecule has 3 nitrogen and oxygen atoms in total. The van der Waals surface area contributed by atoms with Gasteiger partial charge in [-0.3, -0.25) is 0 Å². The number of halogens is 1. The average molecular weight is 245 g/mol. The smallest absolute Gasteiger partial charge is 0.145 e. The van der Waals surface area contributed by atoms with Crippen molar-refractivity contribution in [2.24, 2.45) is 0 Å². The first-order chi connectivity index (χ1) is 6.19. The first-order valence-electron chi connectivity index (χ1n) is 4.08. The highest BCUT2D eigenvalue weighted by molar-refractivity contribution is 9.10. The fraction of sp³-hybridized carbons (Fsp3) is 0.333. The van der Waals surface area contributed by atoms with Crippen LogP contribution in [0.4, 0.5) is 11.4 Å². The van der Waals surface area contributed by atoms with Gasteiger partial charge in [-0.2, -0.15) is 0 Å². The van der Waals surface area contributed by atoms with Crippen molar-refractivity contribution in [3.63, 3.8) is 0 Å². The minimum atomic E-state index is 0.615. The normalized spacial score (nSPS) is 9.77. The molecule has 0 bridgehead atoms. The number of nitrogens with two attached hydrogens (primary N) is 1. The van der Waals surface area contributed by atoms with Crippen molar-refractivity contribution < 1.29 is 4.74 Å². The number of hydrogen-bond acceptors (Lipinski definition) is 3. The summed E-state index contributed by atoms with van der Waals surface area (Å²) in [6, 6.07) is 3.78. The Hall–Kier alpha value is -0.900. The molecule has 1 aromatic carbocycles. The number of ether oxygens (including phenoxy) is 1. The second-order valence-electron chi connectivity index (χ2n) is 2.55. The van der Waals surface area contributed by atoms with E-state index in [1.165, 1.54) is 0 Å². The van der Waals surface area contributed by atoms with Gasteiger partial charge >= 0.3 is 0 Å². The van der Waals surface area contributed by atoms with Gasteiger partial charge in [0.05, 0.1) is 18.0 Å². The third-order valence-corrected chi connectivity index (χ3v) is 2.13. The predicted octanol–water partition coefficient (Wildman–Crippen LogP) is 2.47. The molecule has 0 spiro atoms. The van der Waals surface area contributed by atoms with E-state index >= 15 is 0 Å². The first kappa shape index (κ1) is 10.2. The summed E-state index contributed by atoms with van der Waals surface area (Å²) < 4.78 is 6.32. The van der Waals surface area contributed by atoms with Gasteiger partial charge in [0.1, 0.15) is 5.75 Å². The Kier molecular flexibility index (Phi) is 3.42. The fourth-order valence-corrected chi connectivity index (χ4v) is 1.51. The van der Waals surface area contributed by atoms with Crippen LogP contribution in [0.3, 0.4) is 0 Å². The van der Waals surface area contributed by atoms with E-state index in [9.17, 15) is 0 Å². The van der Waals surface area contributed by atoms with E-state index in [1.807, 2.05) is 26.1 Å². The Morgan fingerprint density at radius 2 is 2.23 bits per heavy atom. The summed E-state index contributed by atoms with van der Waals surface area (Å²) >= 11 is 3.38. The maximum absolute atomic E-state index is 5.84. The number of hydrogen-bond donors (Lipinski definition) is 2. The molecule has 0 saturated heterocycles. The molecule has 0 aliphatic rings. The number of nitrogen functional groups attached to an aromatic ring is 1. The Morgan fingerprint density at radius 1 is 1.54 bits per heavy atom. The van der Waals surface area contributed by atoms with Gasteiger partial charge in [-0.25, -0.2) is 0 Å². The van der Waals surface area contributed by atoms with E-state index < -0.39 is 0 Å². The lowest BCUT2D eigenvalue weighted by Crippen LogP contribution is -2.01. The standard InChI is InChI=1S/C9H13BrN2O/c1-3-13-8-5-6(10)4-7(12-2)9(8)11/h4-5,12H,3,11H2,1-2H3. The van der Waals surface area contributed by atoms with Crippen LogP contribution in [0.5, 0.6) is 5.75 Å². The Balaban J connectivity index is 3.11. The van der Waals surface area contributed by atoms with E-state index in [1.54, 1.807) is 0 Å². The number of anilines is 2. The molecular weight excluding hydrogens is 232 g/mol. The second kappa shape index (κ2) is 4.37. The van der Waals surface area contributed by atoms with E-state index in [2.05, 4.69) is 21.2 Å². The molecule has 72 valence electrons. The number of nitrogens with one attached hydrogen (secondary N) is 1. The van der Waals surface area contributed by atoms with Gasteiger partial charge in [0, 0.05) is 11.5 Å². The maximum Gasteiger partial charge on any atom is 0.145 e. The van der Waals surface area contributed by atoms with Crippen LogP contribution >= 0.6 is 15.9 Å². The average Bonchev–Trinajstić information content (AvgIpc) is 2.11. The van der Waals surface area contributed by atoms with E-state index in [-0.39, 0.29) is 0 Å². The predicted molar refractivity (Wildman–Crippen MR) is 59.3 cm³/mol. The lowest BCUT2D eigenvalue weighted by Gasteiger charge is -2.11. The molecule has 0 fully saturated rings. The highest BCUT2D eigenvalue weighted by atomic mass is 79.9. The van der Waals surface area contributed by atoms with Gasteiger partial charge in [-0.05, 0) is 19.1 Å². The van der Waals surface area contributed by atoms with Crippen LogP contribution in [-0.2, 0) is 0 Å². The third kappa shape index (κ3) is 2.28. The molecule has 1 aromatic rings. The Bertz CT molecular complexity index is 302. The molecular formula is C9H13BrN2O. The van der Waals surface area contributed by atoms with Crippen molar-refractivity contribution in [1.82, 2.24) is 0 Å². The molecule has 0 atom stereocenters. The lowest BCUT2D eigenvalue weighted by molar-refractivity contribution is 0.342. The van der Waals surface area contributed by atoms with Gasteiger partial charge in [-0.15, -0.1) is 0 Å². The fourth-order valence-electron chi connectivity index (χ4n) is 1.07. The van der Waals surface area contributed by atoms with Crippen LogP contribution in [0.2, 0.25) is 0 Å². The van der Waals surface area contributed by atoms with Crippen LogP contribution in [0.15, 0.2) is 16.6 Å². The molecule has 13 heavy (non-hydrogen) atoms. The maximum atomic E-state index is 5.84. The summed E-state index contributed by atoms with van der Waals surface area (Å²) in [6.45, 7) is 2.54. The van der Waals surface area contributed by atoms with Crippen LogP contribution in [0, 0.1) is 0 Å². The van der Waals surface area contributed by atoms with Gasteiger partial charge in [0.15, 0.2) is 0 Å². The molecule has 1 rings (SSSR count). The molecule has 0 saturated carbocycles. The molecule has 0 aliphatic carbocycles. The molecule has 0 unspecified atom stereocenters. The summed E-state index contributed by atoms with van der Waals surface area (Å²) in [7, 11) is 1.83. The van der Waals surface area contributed by atoms with Crippen LogP contribution in [0.25, 0.3) is 0 Å². The van der Waals surface area contributed by atoms with Gasteiger partial charge < -0.3 is 15.8 Å². The van der Waals surface area contributed by atoms with E-state index in [0.717, 1.165) is 10.2 Å². The Labute approximate surface area is 86.4 Å². The first-order valence-corrected chi connectivity index (χ1v) is 4.88. The van der Waals surface area contributed by atoms with E-state index in [4.69, 9.17) is 10.5 Å². The summed E-state index contributed by atoms with van der Waals surface area (Å²) in [5.74, 6) is 0.709. The molecule has 3 N–H and O–H groups in total. The van der Waals surface area contributed by atoms with Crippen LogP contribution < -0.4 is 15.8 Å². The Morgan fingerprint density at radius 3 is 2.77 bits per heavy atom. The molecule has 4 heteroatoms. The second-order valence-corrected chi connectivity index (χ2v) is 3.46. The highest BCUT2D eigenvalue weighted by Crippen LogP contribution is 2.33. The van der Waals surface area contributed by atoms with Gasteiger partial charge in [0.25, 0.3) is 0 Å². The zero-order valence-electron chi connectivity index (χ0n) is 7.73. The van der Waals surface area contributed by atoms with Crippen molar-refractivity contribution in [3.8, 4) is 5.75 Å². The third-order valence-electron chi connectivity index (χ3n) is 1.68. The van der Waals surface area contributed by atoms with Crippen LogP contribution in [0.1, 0.15) is 6.92 Å². The van der Waals surface area contributed by atoms with Crippen molar-refractivity contribution in [1.29, 1.82) is 0 Å². The zero-order chi connectivity index (χ0) is 9.84. The molecule has 0 amide bonds. The van der Waals surface area contributed by atoms with E-state index in [0.29, 0.717) is 18.0 Å². The van der Waals surface area contributed by atoms with Crippen molar-refractivity contribution >= 4 is 27.3 Å². The summed E-state index contributed by atoms with van der Waals surface area (Å²) in [5.41, 5.74) is 7.36. The monoisotopic (exact) mass is 244 g/mol. The summed E-state index contributed by atoms with van der Waals surface area (Å²) in [4.78, 5) is 0. The number of rotatable bonds is 3. The SMILES string of the molecule is CCOc1cc(Br)cc(NC)c1N. The van der Waals surface area contributed by atoms with Gasteiger partial charge in [-0.1, -0.05) is 15.9 Å². The minimum absolute atomic E-state index is 0.615. The van der Waals surface area contributed by atoms with Crippen molar-refractivity contribution in [3.05, 3.63) is 16.6 Å². The van der Waals surface area contributed by atoms with Crippen LogP contribution in [-0.4, -0.2) is 13.7 Å². The summed E-state index contributed by atoms with van der Waals surface area (Å²) in [6.07, 6.45) is 0. The van der Waals surface area contributed by atoms with Gasteiger partial charge in [0.2, 0.25) is 0 Å². The lowest BCUT2D eigenvalue weighted by atomic mass is 10.2. The van der Waals surface area contributed by atoms with Crippen molar-refractivity contribution in [2.45, 2.75) is 6.92 Å². The minimum Gasteiger partial charge on any atom is -0.492 e. The largest absolute Gasteiger partial charge is 0.492 e. The molecule has 0 heterocycles. The summed E-state index contributed by atoms with van der Waals surface area (Å²) in [5, 5.41) is 3.00. The molecule has 0 aliphatic heterocycles. The van der Waals surface area contributed by atoms with Crippen molar-refractivity contribution in [2.75, 3.05) is 24.7 Å². The molecule has 0 radical (unpaired) electrons. The highest BCUT2D eigenvalue weighted by Gasteiger charge is 2.06. The zero-order valence-corrected chi connectivity index (χ0v) is 9.31. The quantitative estimate of drug-likeness (QED) is 0.804. The number of benzene rings is 1.